The Hall–Kier alpha value is -1.01. The number of rotatable bonds is 0. The van der Waals surface area contributed by atoms with Crippen molar-refractivity contribution < 1.29 is 0 Å². The average molecular weight is 178 g/mol. The molecule has 0 saturated heterocycles. The molecule has 2 N–H and O–H groups in total. The van der Waals surface area contributed by atoms with E-state index in [-0.39, 0.29) is 0 Å². The summed E-state index contributed by atoms with van der Waals surface area (Å²) in [6, 6.07) is 0. The van der Waals surface area contributed by atoms with Crippen molar-refractivity contribution in [3.63, 3.8) is 0 Å². The van der Waals surface area contributed by atoms with Crippen LogP contribution in [0.15, 0.2) is 0 Å². The van der Waals surface area contributed by atoms with Gasteiger partial charge in [0.15, 0.2) is 5.13 Å². The second-order valence-electron chi connectivity index (χ2n) is 3.01. The highest BCUT2D eigenvalue weighted by atomic mass is 32.1. The summed E-state index contributed by atoms with van der Waals surface area (Å²) in [7, 11) is 0. The minimum atomic E-state index is 0.618. The van der Waals surface area contributed by atoms with Crippen molar-refractivity contribution >= 4 is 16.5 Å². The third-order valence-corrected chi connectivity index (χ3v) is 2.68. The lowest BCUT2D eigenvalue weighted by Gasteiger charge is -1.80. The number of hydrogen-bond acceptors (Lipinski definition) is 3. The van der Waals surface area contributed by atoms with Crippen LogP contribution in [-0.4, -0.2) is 4.98 Å². The van der Waals surface area contributed by atoms with Crippen molar-refractivity contribution in [3.05, 3.63) is 10.6 Å². The van der Waals surface area contributed by atoms with E-state index in [1.165, 1.54) is 24.2 Å². The molecule has 1 saturated carbocycles. The molecule has 1 aromatic rings. The topological polar surface area (TPSA) is 38.9 Å². The largest absolute Gasteiger partial charge is 0.375 e. The average Bonchev–Trinajstić information content (AvgIpc) is 2.76. The van der Waals surface area contributed by atoms with E-state index < -0.39 is 0 Å². The number of aryl methyl sites for hydroxylation is 1. The van der Waals surface area contributed by atoms with Crippen molar-refractivity contribution in [1.29, 1.82) is 0 Å². The molecule has 2 nitrogen and oxygen atoms in total. The zero-order valence-electron chi connectivity index (χ0n) is 6.92. The first-order chi connectivity index (χ1) is 5.75. The Morgan fingerprint density at radius 1 is 1.58 bits per heavy atom. The highest BCUT2D eigenvalue weighted by molar-refractivity contribution is 7.16. The maximum Gasteiger partial charge on any atom is 0.181 e. The van der Waals surface area contributed by atoms with Crippen LogP contribution in [0.25, 0.3) is 0 Å². The van der Waals surface area contributed by atoms with Crippen LogP contribution in [0.3, 0.4) is 0 Å². The molecule has 0 aliphatic heterocycles. The molecule has 2 rings (SSSR count). The van der Waals surface area contributed by atoms with Crippen molar-refractivity contribution in [2.75, 3.05) is 5.73 Å². The van der Waals surface area contributed by atoms with Crippen LogP contribution in [0.1, 0.15) is 23.4 Å². The first-order valence-electron chi connectivity index (χ1n) is 4.00. The zero-order chi connectivity index (χ0) is 8.55. The minimum Gasteiger partial charge on any atom is -0.375 e. The molecule has 1 aromatic heterocycles. The summed E-state index contributed by atoms with van der Waals surface area (Å²) >= 11 is 1.48. The highest BCUT2D eigenvalue weighted by Crippen LogP contribution is 2.28. The second-order valence-corrected chi connectivity index (χ2v) is 4.04. The fourth-order valence-electron chi connectivity index (χ4n) is 0.929. The Bertz CT molecular complexity index is 352. The summed E-state index contributed by atoms with van der Waals surface area (Å²) in [6.07, 6.45) is 2.53. The molecule has 62 valence electrons. The molecule has 1 fully saturated rings. The van der Waals surface area contributed by atoms with E-state index in [0.717, 1.165) is 10.6 Å². The monoisotopic (exact) mass is 178 g/mol. The second kappa shape index (κ2) is 2.80. The molecule has 1 aliphatic carbocycles. The van der Waals surface area contributed by atoms with Crippen LogP contribution >= 0.6 is 11.3 Å². The van der Waals surface area contributed by atoms with Crippen LogP contribution < -0.4 is 5.73 Å². The summed E-state index contributed by atoms with van der Waals surface area (Å²) in [6.45, 7) is 1.95. The van der Waals surface area contributed by atoms with Gasteiger partial charge in [0.25, 0.3) is 0 Å². The van der Waals surface area contributed by atoms with Crippen molar-refractivity contribution in [2.24, 2.45) is 5.92 Å². The third kappa shape index (κ3) is 1.59. The van der Waals surface area contributed by atoms with Crippen molar-refractivity contribution in [1.82, 2.24) is 4.98 Å². The molecule has 0 radical (unpaired) electrons. The van der Waals surface area contributed by atoms with Crippen LogP contribution in [0.4, 0.5) is 5.13 Å². The first kappa shape index (κ1) is 7.63. The van der Waals surface area contributed by atoms with Crippen molar-refractivity contribution in [3.8, 4) is 11.8 Å². The molecule has 3 heteroatoms. The van der Waals surface area contributed by atoms with Gasteiger partial charge in [0.05, 0.1) is 5.69 Å². The predicted molar refractivity (Wildman–Crippen MR) is 50.9 cm³/mol. The highest BCUT2D eigenvalue weighted by Gasteiger charge is 2.17. The van der Waals surface area contributed by atoms with Gasteiger partial charge in [0.1, 0.15) is 4.88 Å². The van der Waals surface area contributed by atoms with E-state index in [0.29, 0.717) is 11.0 Å². The van der Waals surface area contributed by atoms with Gasteiger partial charge in [0, 0.05) is 5.92 Å². The lowest BCUT2D eigenvalue weighted by molar-refractivity contribution is 1.18. The number of thiazole rings is 1. The summed E-state index contributed by atoms with van der Waals surface area (Å²) in [5.74, 6) is 6.96. The van der Waals surface area contributed by atoms with Gasteiger partial charge < -0.3 is 5.73 Å². The summed E-state index contributed by atoms with van der Waals surface area (Å²) in [5.41, 5.74) is 6.50. The number of hydrogen-bond donors (Lipinski definition) is 1. The Morgan fingerprint density at radius 3 is 2.83 bits per heavy atom. The quantitative estimate of drug-likeness (QED) is 0.615. The van der Waals surface area contributed by atoms with Crippen molar-refractivity contribution in [2.45, 2.75) is 19.8 Å². The lowest BCUT2D eigenvalue weighted by Crippen LogP contribution is -1.80. The Kier molecular flexibility index (Phi) is 1.78. The Balaban J connectivity index is 2.22. The molecule has 0 aromatic carbocycles. The van der Waals surface area contributed by atoms with Gasteiger partial charge in [-0.2, -0.15) is 0 Å². The van der Waals surface area contributed by atoms with Gasteiger partial charge in [0.2, 0.25) is 0 Å². The molecule has 1 aliphatic rings. The zero-order valence-corrected chi connectivity index (χ0v) is 7.74. The van der Waals surface area contributed by atoms with Gasteiger partial charge in [-0.15, -0.1) is 0 Å². The van der Waals surface area contributed by atoms with Gasteiger partial charge in [-0.3, -0.25) is 0 Å². The number of nitrogens with zero attached hydrogens (tertiary/aromatic N) is 1. The molecule has 1 heterocycles. The Morgan fingerprint density at radius 2 is 2.33 bits per heavy atom. The van der Waals surface area contributed by atoms with Gasteiger partial charge in [-0.25, -0.2) is 4.98 Å². The maximum atomic E-state index is 5.54. The standard InChI is InChI=1S/C9H10N2S/c1-6-8(12-9(10)11-6)5-4-7-2-3-7/h7H,2-3H2,1H3,(H2,10,11). The molecule has 0 bridgehead atoms. The number of anilines is 1. The van der Waals surface area contributed by atoms with E-state index in [1.807, 2.05) is 6.92 Å². The minimum absolute atomic E-state index is 0.618. The number of nitrogens with two attached hydrogens (primary N) is 1. The molecular weight excluding hydrogens is 168 g/mol. The van der Waals surface area contributed by atoms with Crippen LogP contribution in [0.5, 0.6) is 0 Å². The molecule has 12 heavy (non-hydrogen) atoms. The molecule has 0 spiro atoms. The molecule has 0 amide bonds. The maximum absolute atomic E-state index is 5.54. The van der Waals surface area contributed by atoms with Crippen LogP contribution in [0, 0.1) is 24.7 Å². The Labute approximate surface area is 75.8 Å². The summed E-state index contributed by atoms with van der Waals surface area (Å²) < 4.78 is 0. The number of nitrogen functional groups attached to an aromatic ring is 1. The SMILES string of the molecule is Cc1nc(N)sc1C#CC1CC1. The van der Waals surface area contributed by atoms with E-state index >= 15 is 0 Å². The fraction of sp³-hybridized carbons (Fsp3) is 0.444. The normalized spacial score (nSPS) is 15.4. The van der Waals surface area contributed by atoms with Gasteiger partial charge in [-0.05, 0) is 19.8 Å². The third-order valence-electron chi connectivity index (χ3n) is 1.78. The predicted octanol–water partition coefficient (Wildman–Crippen LogP) is 1.80. The van der Waals surface area contributed by atoms with E-state index in [9.17, 15) is 0 Å². The summed E-state index contributed by atoms with van der Waals surface area (Å²) in [5, 5.41) is 0.618. The number of aromatic nitrogens is 1. The smallest absolute Gasteiger partial charge is 0.181 e. The van der Waals surface area contributed by atoms with Crippen LogP contribution in [-0.2, 0) is 0 Å². The molecular formula is C9H10N2S. The first-order valence-corrected chi connectivity index (χ1v) is 4.82. The molecule has 0 atom stereocenters. The van der Waals surface area contributed by atoms with Crippen LogP contribution in [0.2, 0.25) is 0 Å². The van der Waals surface area contributed by atoms with E-state index in [1.54, 1.807) is 0 Å². The lowest BCUT2D eigenvalue weighted by atomic mass is 10.3. The molecule has 0 unspecified atom stereocenters. The van der Waals surface area contributed by atoms with E-state index in [4.69, 9.17) is 5.73 Å². The fourth-order valence-corrected chi connectivity index (χ4v) is 1.62. The summed E-state index contributed by atoms with van der Waals surface area (Å²) in [4.78, 5) is 5.13. The van der Waals surface area contributed by atoms with E-state index in [2.05, 4.69) is 16.8 Å². The van der Waals surface area contributed by atoms with Gasteiger partial charge >= 0.3 is 0 Å². The van der Waals surface area contributed by atoms with Gasteiger partial charge in [-0.1, -0.05) is 23.2 Å².